The highest BCUT2D eigenvalue weighted by molar-refractivity contribution is 5.73. The van der Waals surface area contributed by atoms with Gasteiger partial charge in [0.15, 0.2) is 0 Å². The second-order valence-electron chi connectivity index (χ2n) is 9.41. The summed E-state index contributed by atoms with van der Waals surface area (Å²) in [6.45, 7) is 9.90. The van der Waals surface area contributed by atoms with Gasteiger partial charge in [0.25, 0.3) is 0 Å². The van der Waals surface area contributed by atoms with Gasteiger partial charge in [-0.05, 0) is 45.0 Å². The fraction of sp³-hybridized carbons (Fsp3) is 0.652. The maximum Gasteiger partial charge on any atom is 0.490 e. The van der Waals surface area contributed by atoms with Gasteiger partial charge in [-0.1, -0.05) is 6.42 Å². The predicted octanol–water partition coefficient (Wildman–Crippen LogP) is 3.31. The van der Waals surface area contributed by atoms with E-state index in [1.54, 1.807) is 0 Å². The summed E-state index contributed by atoms with van der Waals surface area (Å²) in [4.78, 5) is 23.0. The van der Waals surface area contributed by atoms with E-state index < -0.39 is 24.3 Å². The van der Waals surface area contributed by atoms with Crippen LogP contribution in [-0.4, -0.2) is 90.0 Å². The van der Waals surface area contributed by atoms with Crippen molar-refractivity contribution in [3.05, 3.63) is 35.4 Å². The van der Waals surface area contributed by atoms with Crippen LogP contribution >= 0.6 is 0 Å². The molecule has 2 N–H and O–H groups in total. The van der Waals surface area contributed by atoms with Crippen molar-refractivity contribution in [3.8, 4) is 0 Å². The van der Waals surface area contributed by atoms with Crippen molar-refractivity contribution >= 4 is 11.9 Å². The Kier molecular flexibility index (Phi) is 11.3. The van der Waals surface area contributed by atoms with Crippen LogP contribution in [0.5, 0.6) is 0 Å². The van der Waals surface area contributed by atoms with Crippen molar-refractivity contribution in [2.24, 2.45) is 13.0 Å². The molecule has 2 aromatic heterocycles. The van der Waals surface area contributed by atoms with Crippen molar-refractivity contribution in [2.75, 3.05) is 26.2 Å². The number of aromatic nitrogens is 4. The van der Waals surface area contributed by atoms with E-state index in [1.807, 2.05) is 10.9 Å². The highest BCUT2D eigenvalue weighted by atomic mass is 19.4. The van der Waals surface area contributed by atoms with Gasteiger partial charge >= 0.3 is 24.3 Å². The summed E-state index contributed by atoms with van der Waals surface area (Å²) in [5.74, 6) is -4.88. The molecule has 2 aromatic rings. The minimum absolute atomic E-state index is 0.633. The van der Waals surface area contributed by atoms with E-state index in [4.69, 9.17) is 19.8 Å². The highest BCUT2D eigenvalue weighted by Crippen LogP contribution is 2.21. The molecule has 2 aliphatic rings. The van der Waals surface area contributed by atoms with Gasteiger partial charge in [-0.25, -0.2) is 9.59 Å². The summed E-state index contributed by atoms with van der Waals surface area (Å²) in [5, 5.41) is 23.3. The Morgan fingerprint density at radius 2 is 1.54 bits per heavy atom. The molecule has 0 radical (unpaired) electrons. The number of aryl methyl sites for hydroxylation is 2. The Morgan fingerprint density at radius 1 is 0.974 bits per heavy atom. The minimum atomic E-state index is -5.08. The monoisotopic (exact) mass is 570 g/mol. The number of hydrogen-bond donors (Lipinski definition) is 2. The Hall–Kier alpha value is -3.14. The third kappa shape index (κ3) is 10.9. The van der Waals surface area contributed by atoms with E-state index in [1.165, 1.54) is 50.3 Å². The molecule has 2 aliphatic heterocycles. The maximum absolute atomic E-state index is 10.6. The standard InChI is InChI=1S/C19H30N6.2C2HF3O2/c1-16-10-19(22(2)21-16)15-24-12-17(11-23-8-4-3-5-9-23)13-25-18(14-24)6-7-20-25;2*3-2(4,5)1(6)7/h6-7,10,17H,3-5,8-9,11-15H2,1-2H3;2*(H,6,7). The van der Waals surface area contributed by atoms with Crippen LogP contribution in [0.25, 0.3) is 0 Å². The third-order valence-corrected chi connectivity index (χ3v) is 6.07. The molecule has 39 heavy (non-hydrogen) atoms. The first kappa shape index (κ1) is 32.1. The van der Waals surface area contributed by atoms with Crippen molar-refractivity contribution in [2.45, 2.75) is 58.2 Å². The number of likely N-dealkylation sites (tertiary alicyclic amines) is 1. The van der Waals surface area contributed by atoms with E-state index in [2.05, 4.69) is 50.8 Å². The molecule has 220 valence electrons. The van der Waals surface area contributed by atoms with Crippen LogP contribution < -0.4 is 0 Å². The van der Waals surface area contributed by atoms with Gasteiger partial charge in [0.2, 0.25) is 0 Å². The fourth-order valence-corrected chi connectivity index (χ4v) is 4.40. The molecule has 0 amide bonds. The zero-order valence-corrected chi connectivity index (χ0v) is 21.5. The molecular weight excluding hydrogens is 538 g/mol. The lowest BCUT2D eigenvalue weighted by molar-refractivity contribution is -0.193. The van der Waals surface area contributed by atoms with Gasteiger partial charge in [-0.15, -0.1) is 0 Å². The van der Waals surface area contributed by atoms with E-state index in [9.17, 15) is 26.3 Å². The SMILES string of the molecule is Cc1cc(CN2Cc3ccnn3CC(CN3CCCCC3)C2)n(C)n1.O=C(O)C(F)(F)F.O=C(O)C(F)(F)F. The Bertz CT molecular complexity index is 1050. The van der Waals surface area contributed by atoms with Gasteiger partial charge < -0.3 is 15.1 Å². The molecule has 1 fully saturated rings. The summed E-state index contributed by atoms with van der Waals surface area (Å²) < 4.78 is 67.7. The number of aliphatic carboxylic acids is 2. The first-order valence-electron chi connectivity index (χ1n) is 12.1. The van der Waals surface area contributed by atoms with E-state index >= 15 is 0 Å². The van der Waals surface area contributed by atoms with Crippen LogP contribution in [0.2, 0.25) is 0 Å². The summed E-state index contributed by atoms with van der Waals surface area (Å²) in [7, 11) is 2.05. The first-order valence-corrected chi connectivity index (χ1v) is 12.1. The molecule has 1 saturated heterocycles. The largest absolute Gasteiger partial charge is 0.490 e. The second kappa shape index (κ2) is 13.8. The van der Waals surface area contributed by atoms with E-state index in [0.29, 0.717) is 5.92 Å². The number of carboxylic acids is 2. The maximum atomic E-state index is 10.6. The number of carboxylic acid groups (broad SMARTS) is 2. The molecule has 1 atom stereocenters. The van der Waals surface area contributed by atoms with Gasteiger partial charge in [0.05, 0.1) is 17.1 Å². The Morgan fingerprint density at radius 3 is 2.03 bits per heavy atom. The minimum Gasteiger partial charge on any atom is -0.475 e. The third-order valence-electron chi connectivity index (χ3n) is 6.07. The number of piperidine rings is 1. The summed E-state index contributed by atoms with van der Waals surface area (Å²) >= 11 is 0. The van der Waals surface area contributed by atoms with E-state index in [-0.39, 0.29) is 0 Å². The van der Waals surface area contributed by atoms with Crippen molar-refractivity contribution in [1.82, 2.24) is 29.4 Å². The van der Waals surface area contributed by atoms with E-state index in [0.717, 1.165) is 31.9 Å². The van der Waals surface area contributed by atoms with Crippen LogP contribution in [0.1, 0.15) is 36.3 Å². The lowest BCUT2D eigenvalue weighted by atomic mass is 10.1. The van der Waals surface area contributed by atoms with Crippen LogP contribution in [0.4, 0.5) is 26.3 Å². The average molecular weight is 571 g/mol. The highest BCUT2D eigenvalue weighted by Gasteiger charge is 2.38. The average Bonchev–Trinajstić information content (AvgIpc) is 3.33. The molecule has 0 saturated carbocycles. The van der Waals surface area contributed by atoms with Crippen LogP contribution in [0.15, 0.2) is 18.3 Å². The summed E-state index contributed by atoms with van der Waals surface area (Å²) in [5.41, 5.74) is 3.73. The summed E-state index contributed by atoms with van der Waals surface area (Å²) in [6, 6.07) is 4.38. The number of halogens is 6. The van der Waals surface area contributed by atoms with Crippen LogP contribution in [0, 0.1) is 12.8 Å². The molecule has 0 aromatic carbocycles. The first-order chi connectivity index (χ1) is 18.1. The van der Waals surface area contributed by atoms with Gasteiger partial charge in [-0.2, -0.15) is 36.5 Å². The summed E-state index contributed by atoms with van der Waals surface area (Å²) in [6.07, 6.45) is -4.10. The Balaban J connectivity index is 0.000000317. The molecule has 4 rings (SSSR count). The topological polar surface area (TPSA) is 117 Å². The van der Waals surface area contributed by atoms with Crippen LogP contribution in [0.3, 0.4) is 0 Å². The molecule has 16 heteroatoms. The number of hydrogen-bond acceptors (Lipinski definition) is 6. The van der Waals surface area contributed by atoms with Crippen molar-refractivity contribution in [3.63, 3.8) is 0 Å². The number of alkyl halides is 6. The molecule has 4 heterocycles. The molecule has 0 bridgehead atoms. The van der Waals surface area contributed by atoms with Crippen LogP contribution in [-0.2, 0) is 36.3 Å². The molecular formula is C23H32F6N6O4. The number of nitrogens with zero attached hydrogens (tertiary/aromatic N) is 6. The molecule has 0 spiro atoms. The predicted molar refractivity (Wildman–Crippen MR) is 125 cm³/mol. The normalized spacial score (nSPS) is 18.6. The number of rotatable bonds is 4. The number of fused-ring (bicyclic) bond motifs is 1. The molecule has 10 nitrogen and oxygen atoms in total. The lowest BCUT2D eigenvalue weighted by Crippen LogP contribution is -2.39. The zero-order valence-electron chi connectivity index (χ0n) is 21.5. The number of carbonyl (C=O) groups is 2. The van der Waals surface area contributed by atoms with Crippen molar-refractivity contribution < 1.29 is 46.1 Å². The second-order valence-corrected chi connectivity index (χ2v) is 9.41. The smallest absolute Gasteiger partial charge is 0.475 e. The lowest BCUT2D eigenvalue weighted by Gasteiger charge is -2.31. The molecule has 1 unspecified atom stereocenters. The Labute approximate surface area is 220 Å². The molecule has 0 aliphatic carbocycles. The van der Waals surface area contributed by atoms with Gasteiger partial charge in [-0.3, -0.25) is 14.3 Å². The quantitative estimate of drug-likeness (QED) is 0.538. The zero-order chi connectivity index (χ0) is 29.4. The van der Waals surface area contributed by atoms with Gasteiger partial charge in [0, 0.05) is 51.9 Å². The van der Waals surface area contributed by atoms with Gasteiger partial charge in [0.1, 0.15) is 0 Å². The fourth-order valence-electron chi connectivity index (χ4n) is 4.40. The van der Waals surface area contributed by atoms with Crippen molar-refractivity contribution in [1.29, 1.82) is 0 Å².